The Balaban J connectivity index is 2.56. The standard InChI is InChI=1S/C12H9ClF3N3O2/c1-2-8-10(11(20)21)17-18-19(8)9-4-3-6(5-7(9)13)12(14,15)16/h3-5H,2H2,1H3,(H,20,21). The van der Waals surface area contributed by atoms with Gasteiger partial charge in [-0.3, -0.25) is 0 Å². The van der Waals surface area contributed by atoms with Gasteiger partial charge in [-0.05, 0) is 24.6 Å². The first-order valence-corrected chi connectivity index (χ1v) is 6.18. The summed E-state index contributed by atoms with van der Waals surface area (Å²) in [6, 6.07) is 2.74. The number of aromatic carboxylic acids is 1. The maximum Gasteiger partial charge on any atom is 0.416 e. The van der Waals surface area contributed by atoms with Gasteiger partial charge in [-0.1, -0.05) is 23.7 Å². The lowest BCUT2D eigenvalue weighted by Gasteiger charge is -2.11. The molecule has 1 aromatic heterocycles. The summed E-state index contributed by atoms with van der Waals surface area (Å²) in [5.41, 5.74) is -0.757. The van der Waals surface area contributed by atoms with Crippen LogP contribution in [0.5, 0.6) is 0 Å². The second kappa shape index (κ2) is 5.36. The molecule has 0 radical (unpaired) electrons. The van der Waals surface area contributed by atoms with E-state index in [-0.39, 0.29) is 28.5 Å². The Morgan fingerprint density at radius 3 is 2.57 bits per heavy atom. The van der Waals surface area contributed by atoms with Gasteiger partial charge in [-0.25, -0.2) is 9.48 Å². The fraction of sp³-hybridized carbons (Fsp3) is 0.250. The number of benzene rings is 1. The summed E-state index contributed by atoms with van der Waals surface area (Å²) in [4.78, 5) is 11.0. The Bertz CT molecular complexity index is 698. The summed E-state index contributed by atoms with van der Waals surface area (Å²) in [6.07, 6.45) is -4.23. The van der Waals surface area contributed by atoms with E-state index in [1.54, 1.807) is 6.92 Å². The number of halogens is 4. The lowest BCUT2D eigenvalue weighted by Crippen LogP contribution is -2.08. The third kappa shape index (κ3) is 2.85. The van der Waals surface area contributed by atoms with Crippen LogP contribution in [0.25, 0.3) is 5.69 Å². The zero-order valence-corrected chi connectivity index (χ0v) is 11.4. The lowest BCUT2D eigenvalue weighted by atomic mass is 10.2. The molecule has 1 heterocycles. The van der Waals surface area contributed by atoms with Crippen molar-refractivity contribution < 1.29 is 23.1 Å². The van der Waals surface area contributed by atoms with Gasteiger partial charge in [-0.2, -0.15) is 13.2 Å². The highest BCUT2D eigenvalue weighted by Crippen LogP contribution is 2.33. The summed E-state index contributed by atoms with van der Waals surface area (Å²) in [7, 11) is 0. The predicted molar refractivity (Wildman–Crippen MR) is 67.7 cm³/mol. The Morgan fingerprint density at radius 2 is 2.10 bits per heavy atom. The molecule has 0 atom stereocenters. The van der Waals surface area contributed by atoms with Crippen LogP contribution in [0.15, 0.2) is 18.2 Å². The molecule has 0 saturated carbocycles. The lowest BCUT2D eigenvalue weighted by molar-refractivity contribution is -0.137. The van der Waals surface area contributed by atoms with Gasteiger partial charge in [0.15, 0.2) is 5.69 Å². The number of aromatic nitrogens is 3. The maximum atomic E-state index is 12.6. The fourth-order valence-electron chi connectivity index (χ4n) is 1.83. The number of nitrogens with zero attached hydrogens (tertiary/aromatic N) is 3. The van der Waals surface area contributed by atoms with Crippen LogP contribution in [0.4, 0.5) is 13.2 Å². The van der Waals surface area contributed by atoms with Crippen molar-refractivity contribution in [1.29, 1.82) is 0 Å². The average molecular weight is 320 g/mol. The van der Waals surface area contributed by atoms with E-state index in [0.717, 1.165) is 22.9 Å². The van der Waals surface area contributed by atoms with Gasteiger partial charge in [0.25, 0.3) is 0 Å². The molecule has 2 aromatic rings. The van der Waals surface area contributed by atoms with Crippen molar-refractivity contribution in [3.8, 4) is 5.69 Å². The van der Waals surface area contributed by atoms with Crippen LogP contribution < -0.4 is 0 Å². The molecular weight excluding hydrogens is 311 g/mol. The first-order chi connectivity index (χ1) is 9.75. The molecule has 0 bridgehead atoms. The number of carbonyl (C=O) groups is 1. The zero-order valence-electron chi connectivity index (χ0n) is 10.6. The zero-order chi connectivity index (χ0) is 15.8. The smallest absolute Gasteiger partial charge is 0.416 e. The largest absolute Gasteiger partial charge is 0.476 e. The van der Waals surface area contributed by atoms with E-state index in [9.17, 15) is 18.0 Å². The summed E-state index contributed by atoms with van der Waals surface area (Å²) in [5.74, 6) is -1.26. The number of alkyl halides is 3. The summed E-state index contributed by atoms with van der Waals surface area (Å²) < 4.78 is 38.9. The summed E-state index contributed by atoms with van der Waals surface area (Å²) in [6.45, 7) is 1.68. The number of hydrogen-bond acceptors (Lipinski definition) is 3. The molecular formula is C12H9ClF3N3O2. The molecule has 112 valence electrons. The highest BCUT2D eigenvalue weighted by atomic mass is 35.5. The Morgan fingerprint density at radius 1 is 1.43 bits per heavy atom. The molecule has 2 rings (SSSR count). The molecule has 1 N–H and O–H groups in total. The van der Waals surface area contributed by atoms with Crippen LogP contribution in [0.1, 0.15) is 28.7 Å². The number of hydrogen-bond donors (Lipinski definition) is 1. The predicted octanol–water partition coefficient (Wildman–Crippen LogP) is 3.20. The molecule has 5 nitrogen and oxygen atoms in total. The number of rotatable bonds is 3. The molecule has 0 spiro atoms. The normalized spacial score (nSPS) is 11.7. The summed E-state index contributed by atoms with van der Waals surface area (Å²) >= 11 is 5.85. The SMILES string of the molecule is CCc1c(C(=O)O)nnn1-c1ccc(C(F)(F)F)cc1Cl. The van der Waals surface area contributed by atoms with Crippen molar-refractivity contribution in [2.24, 2.45) is 0 Å². The van der Waals surface area contributed by atoms with Crippen molar-refractivity contribution in [1.82, 2.24) is 15.0 Å². The minimum absolute atomic E-state index is 0.140. The van der Waals surface area contributed by atoms with Gasteiger partial charge >= 0.3 is 12.1 Å². The summed E-state index contributed by atoms with van der Waals surface area (Å²) in [5, 5.41) is 15.9. The van der Waals surface area contributed by atoms with Crippen LogP contribution in [-0.2, 0) is 12.6 Å². The van der Waals surface area contributed by atoms with E-state index in [2.05, 4.69) is 10.3 Å². The van der Waals surface area contributed by atoms with Gasteiger partial charge in [0.05, 0.1) is 22.0 Å². The van der Waals surface area contributed by atoms with E-state index in [1.807, 2.05) is 0 Å². The molecule has 0 amide bonds. The molecule has 0 saturated heterocycles. The molecule has 1 aromatic carbocycles. The highest BCUT2D eigenvalue weighted by molar-refractivity contribution is 6.32. The minimum Gasteiger partial charge on any atom is -0.476 e. The van der Waals surface area contributed by atoms with Crippen LogP contribution in [0.3, 0.4) is 0 Å². The molecule has 0 fully saturated rings. The Labute approximate surface area is 121 Å². The number of carboxylic acids is 1. The van der Waals surface area contributed by atoms with Crippen molar-refractivity contribution >= 4 is 17.6 Å². The molecule has 0 aliphatic heterocycles. The molecule has 21 heavy (non-hydrogen) atoms. The van der Waals surface area contributed by atoms with Gasteiger partial charge < -0.3 is 5.11 Å². The number of carboxylic acid groups (broad SMARTS) is 1. The quantitative estimate of drug-likeness (QED) is 0.943. The van der Waals surface area contributed by atoms with Crippen molar-refractivity contribution in [3.63, 3.8) is 0 Å². The Hall–Kier alpha value is -2.09. The molecule has 0 aliphatic carbocycles. The highest BCUT2D eigenvalue weighted by Gasteiger charge is 2.31. The van der Waals surface area contributed by atoms with Crippen LogP contribution in [0.2, 0.25) is 5.02 Å². The van der Waals surface area contributed by atoms with Crippen molar-refractivity contribution in [2.45, 2.75) is 19.5 Å². The molecule has 9 heteroatoms. The van der Waals surface area contributed by atoms with Crippen molar-refractivity contribution in [2.75, 3.05) is 0 Å². The van der Waals surface area contributed by atoms with Gasteiger partial charge in [0.1, 0.15) is 0 Å². The fourth-order valence-corrected chi connectivity index (χ4v) is 2.09. The first-order valence-electron chi connectivity index (χ1n) is 5.80. The third-order valence-corrected chi connectivity index (χ3v) is 3.11. The van der Waals surface area contributed by atoms with Gasteiger partial charge in [0.2, 0.25) is 0 Å². The van der Waals surface area contributed by atoms with E-state index in [1.165, 1.54) is 0 Å². The van der Waals surface area contributed by atoms with E-state index < -0.39 is 17.7 Å². The maximum absolute atomic E-state index is 12.6. The van der Waals surface area contributed by atoms with E-state index >= 15 is 0 Å². The van der Waals surface area contributed by atoms with Gasteiger partial charge in [0, 0.05) is 0 Å². The molecule has 0 aliphatic rings. The minimum atomic E-state index is -4.51. The average Bonchev–Trinajstić information content (AvgIpc) is 2.81. The van der Waals surface area contributed by atoms with Crippen LogP contribution >= 0.6 is 11.6 Å². The van der Waals surface area contributed by atoms with Crippen LogP contribution in [-0.4, -0.2) is 26.1 Å². The van der Waals surface area contributed by atoms with Crippen molar-refractivity contribution in [3.05, 3.63) is 40.2 Å². The topological polar surface area (TPSA) is 68.0 Å². The second-order valence-corrected chi connectivity index (χ2v) is 4.53. The van der Waals surface area contributed by atoms with Crippen LogP contribution in [0, 0.1) is 0 Å². The third-order valence-electron chi connectivity index (χ3n) is 2.80. The monoisotopic (exact) mass is 319 g/mol. The molecule has 0 unspecified atom stereocenters. The van der Waals surface area contributed by atoms with E-state index in [4.69, 9.17) is 16.7 Å². The van der Waals surface area contributed by atoms with E-state index in [0.29, 0.717) is 0 Å². The Kier molecular flexibility index (Phi) is 3.91. The second-order valence-electron chi connectivity index (χ2n) is 4.12. The van der Waals surface area contributed by atoms with Gasteiger partial charge in [-0.15, -0.1) is 5.10 Å². The first kappa shape index (κ1) is 15.3.